The first-order valence-corrected chi connectivity index (χ1v) is 7.53. The molecule has 2 rings (SSSR count). The van der Waals surface area contributed by atoms with Crippen molar-refractivity contribution in [1.82, 2.24) is 4.98 Å². The summed E-state index contributed by atoms with van der Waals surface area (Å²) in [7, 11) is -3.55. The van der Waals surface area contributed by atoms with Gasteiger partial charge in [0.05, 0.1) is 17.3 Å². The Morgan fingerprint density at radius 3 is 2.56 bits per heavy atom. The molecule has 0 saturated heterocycles. The molecule has 0 aliphatic heterocycles. The van der Waals surface area contributed by atoms with E-state index < -0.39 is 10.0 Å². The largest absolute Gasteiger partial charge is 0.240 e. The number of nitriles is 1. The van der Waals surface area contributed by atoms with E-state index in [1.165, 1.54) is 11.3 Å². The van der Waals surface area contributed by atoms with Gasteiger partial charge in [0.15, 0.2) is 0 Å². The van der Waals surface area contributed by atoms with Crippen LogP contribution in [-0.4, -0.2) is 13.4 Å². The molecule has 0 aliphatic carbocycles. The highest BCUT2D eigenvalue weighted by atomic mass is 32.2. The number of hydrogen-bond donors (Lipinski definition) is 1. The molecule has 0 saturated carbocycles. The van der Waals surface area contributed by atoms with Crippen LogP contribution < -0.4 is 5.14 Å². The minimum absolute atomic E-state index is 0.256. The number of rotatable bonds is 3. The van der Waals surface area contributed by atoms with E-state index in [0.29, 0.717) is 16.3 Å². The van der Waals surface area contributed by atoms with Gasteiger partial charge in [-0.3, -0.25) is 0 Å². The monoisotopic (exact) mass is 279 g/mol. The fraction of sp³-hybridized carbons (Fsp3) is 0.0909. The Labute approximate surface area is 109 Å². The van der Waals surface area contributed by atoms with E-state index in [1.54, 1.807) is 29.6 Å². The Hall–Kier alpha value is -1.75. The van der Waals surface area contributed by atoms with Crippen LogP contribution in [0.5, 0.6) is 0 Å². The van der Waals surface area contributed by atoms with Crippen LogP contribution in [0.2, 0.25) is 0 Å². The number of hydrogen-bond acceptors (Lipinski definition) is 5. The highest BCUT2D eigenvalue weighted by molar-refractivity contribution is 7.88. The molecule has 0 radical (unpaired) electrons. The molecule has 1 aromatic heterocycles. The summed E-state index contributed by atoms with van der Waals surface area (Å²) in [6.45, 7) is 0. The molecule has 7 heteroatoms. The van der Waals surface area contributed by atoms with Gasteiger partial charge in [-0.1, -0.05) is 12.1 Å². The first-order valence-electron chi connectivity index (χ1n) is 4.93. The second-order valence-corrected chi connectivity index (χ2v) is 6.18. The molecule has 1 aromatic carbocycles. The number of primary sulfonamides is 1. The molecular weight excluding hydrogens is 270 g/mol. The summed E-state index contributed by atoms with van der Waals surface area (Å²) in [6, 6.07) is 8.95. The minimum Gasteiger partial charge on any atom is -0.240 e. The van der Waals surface area contributed by atoms with E-state index >= 15 is 0 Å². The van der Waals surface area contributed by atoms with Gasteiger partial charge in [-0.05, 0) is 12.1 Å². The van der Waals surface area contributed by atoms with Gasteiger partial charge in [-0.25, -0.2) is 18.5 Å². The lowest BCUT2D eigenvalue weighted by Gasteiger charge is -1.96. The zero-order valence-corrected chi connectivity index (χ0v) is 10.8. The molecule has 2 N–H and O–H groups in total. The topological polar surface area (TPSA) is 96.8 Å². The molecule has 1 heterocycles. The lowest BCUT2D eigenvalue weighted by Crippen LogP contribution is -2.14. The summed E-state index contributed by atoms with van der Waals surface area (Å²) < 4.78 is 21.9. The van der Waals surface area contributed by atoms with Crippen molar-refractivity contribution in [2.75, 3.05) is 0 Å². The maximum absolute atomic E-state index is 10.9. The Balaban J connectivity index is 2.27. The maximum atomic E-state index is 10.9. The summed E-state index contributed by atoms with van der Waals surface area (Å²) in [4.78, 5) is 4.20. The van der Waals surface area contributed by atoms with Crippen molar-refractivity contribution in [1.29, 1.82) is 5.26 Å². The van der Waals surface area contributed by atoms with Crippen LogP contribution in [0.25, 0.3) is 11.3 Å². The summed E-state index contributed by atoms with van der Waals surface area (Å²) in [5.74, 6) is -0.256. The van der Waals surface area contributed by atoms with Crippen molar-refractivity contribution < 1.29 is 8.42 Å². The Kier molecular flexibility index (Phi) is 3.43. The van der Waals surface area contributed by atoms with Gasteiger partial charge >= 0.3 is 0 Å². The van der Waals surface area contributed by atoms with Crippen LogP contribution in [0.1, 0.15) is 10.6 Å². The minimum atomic E-state index is -3.55. The van der Waals surface area contributed by atoms with Gasteiger partial charge in [-0.2, -0.15) is 5.26 Å². The van der Waals surface area contributed by atoms with Crippen LogP contribution >= 0.6 is 11.3 Å². The smallest absolute Gasteiger partial charge is 0.215 e. The van der Waals surface area contributed by atoms with E-state index in [4.69, 9.17) is 10.4 Å². The van der Waals surface area contributed by atoms with Gasteiger partial charge in [0.25, 0.3) is 0 Å². The first-order chi connectivity index (χ1) is 8.48. The molecule has 0 aliphatic rings. The third-order valence-corrected chi connectivity index (χ3v) is 3.89. The quantitative estimate of drug-likeness (QED) is 0.920. The molecule has 0 bridgehead atoms. The van der Waals surface area contributed by atoms with E-state index in [2.05, 4.69) is 4.98 Å². The Bertz CT molecular complexity index is 697. The van der Waals surface area contributed by atoms with Gasteiger partial charge in [0, 0.05) is 10.9 Å². The lowest BCUT2D eigenvalue weighted by molar-refractivity contribution is 0.597. The standard InChI is InChI=1S/C11H9N3O2S2/c12-5-8-1-3-9(4-2-8)10-6-17-11(14-10)7-18(13,15)16/h1-4,6H,7H2,(H2,13,15,16). The predicted molar refractivity (Wildman–Crippen MR) is 69.1 cm³/mol. The van der Waals surface area contributed by atoms with Crippen LogP contribution in [0.4, 0.5) is 0 Å². The number of benzene rings is 1. The SMILES string of the molecule is N#Cc1ccc(-c2csc(CS(N)(=O)=O)n2)cc1. The van der Waals surface area contributed by atoms with Gasteiger partial charge < -0.3 is 0 Å². The van der Waals surface area contributed by atoms with E-state index in [0.717, 1.165) is 5.56 Å². The summed E-state index contributed by atoms with van der Waals surface area (Å²) in [6.07, 6.45) is 0. The third-order valence-electron chi connectivity index (χ3n) is 2.19. The van der Waals surface area contributed by atoms with Crippen LogP contribution in [0.15, 0.2) is 29.6 Å². The van der Waals surface area contributed by atoms with Gasteiger partial charge in [0.1, 0.15) is 10.8 Å². The number of sulfonamides is 1. The molecule has 0 amide bonds. The van der Waals surface area contributed by atoms with Gasteiger partial charge in [0.2, 0.25) is 10.0 Å². The predicted octanol–water partition coefficient (Wildman–Crippen LogP) is 1.47. The number of nitrogens with two attached hydrogens (primary N) is 1. The van der Waals surface area contributed by atoms with E-state index in [1.807, 2.05) is 6.07 Å². The number of nitrogens with zero attached hydrogens (tertiary/aromatic N) is 2. The molecule has 0 unspecified atom stereocenters. The molecule has 0 atom stereocenters. The average Bonchev–Trinajstić information content (AvgIpc) is 2.75. The van der Waals surface area contributed by atoms with Crippen molar-refractivity contribution >= 4 is 21.4 Å². The van der Waals surface area contributed by atoms with Crippen molar-refractivity contribution in [3.05, 3.63) is 40.2 Å². The Morgan fingerprint density at radius 2 is 2.00 bits per heavy atom. The summed E-state index contributed by atoms with van der Waals surface area (Å²) in [5, 5.41) is 15.9. The second kappa shape index (κ2) is 4.86. The van der Waals surface area contributed by atoms with Crippen LogP contribution in [0.3, 0.4) is 0 Å². The maximum Gasteiger partial charge on any atom is 0.215 e. The molecule has 5 nitrogen and oxygen atoms in total. The van der Waals surface area contributed by atoms with Crippen LogP contribution in [0, 0.1) is 11.3 Å². The van der Waals surface area contributed by atoms with Crippen molar-refractivity contribution in [3.63, 3.8) is 0 Å². The van der Waals surface area contributed by atoms with Crippen molar-refractivity contribution in [2.24, 2.45) is 5.14 Å². The zero-order valence-electron chi connectivity index (χ0n) is 9.20. The third kappa shape index (κ3) is 3.13. The summed E-state index contributed by atoms with van der Waals surface area (Å²) in [5.41, 5.74) is 2.09. The molecule has 0 spiro atoms. The molecular formula is C11H9N3O2S2. The average molecular weight is 279 g/mol. The first kappa shape index (κ1) is 12.7. The highest BCUT2D eigenvalue weighted by Gasteiger charge is 2.10. The fourth-order valence-electron chi connectivity index (χ4n) is 1.40. The van der Waals surface area contributed by atoms with Gasteiger partial charge in [-0.15, -0.1) is 11.3 Å². The van der Waals surface area contributed by atoms with Crippen LogP contribution in [-0.2, 0) is 15.8 Å². The molecule has 2 aromatic rings. The fourth-order valence-corrected chi connectivity index (χ4v) is 3.16. The second-order valence-electron chi connectivity index (χ2n) is 3.62. The van der Waals surface area contributed by atoms with Crippen molar-refractivity contribution in [2.45, 2.75) is 5.75 Å². The normalized spacial score (nSPS) is 11.1. The highest BCUT2D eigenvalue weighted by Crippen LogP contribution is 2.22. The molecule has 92 valence electrons. The molecule has 0 fully saturated rings. The Morgan fingerprint density at radius 1 is 1.33 bits per heavy atom. The zero-order chi connectivity index (χ0) is 13.2. The lowest BCUT2D eigenvalue weighted by atomic mass is 10.1. The van der Waals surface area contributed by atoms with E-state index in [9.17, 15) is 8.42 Å². The molecule has 18 heavy (non-hydrogen) atoms. The number of thiazole rings is 1. The summed E-state index contributed by atoms with van der Waals surface area (Å²) >= 11 is 1.25. The van der Waals surface area contributed by atoms with E-state index in [-0.39, 0.29) is 5.75 Å². The van der Waals surface area contributed by atoms with Crippen molar-refractivity contribution in [3.8, 4) is 17.3 Å². The number of aromatic nitrogens is 1.